The molecule has 0 fully saturated rings. The van der Waals surface area contributed by atoms with Crippen LogP contribution in [-0.4, -0.2) is 26.4 Å². The van der Waals surface area contributed by atoms with Gasteiger partial charge in [-0.25, -0.2) is 22.7 Å². The van der Waals surface area contributed by atoms with Crippen molar-refractivity contribution in [2.75, 3.05) is 5.32 Å². The van der Waals surface area contributed by atoms with Crippen molar-refractivity contribution in [3.63, 3.8) is 0 Å². The summed E-state index contributed by atoms with van der Waals surface area (Å²) in [7, 11) is -3.83. The Bertz CT molecular complexity index is 972. The molecule has 0 spiro atoms. The lowest BCUT2D eigenvalue weighted by Crippen LogP contribution is -2.29. The molecule has 2 aromatic carbocycles. The van der Waals surface area contributed by atoms with E-state index in [1.165, 1.54) is 55.5 Å². The van der Waals surface area contributed by atoms with Gasteiger partial charge in [0.2, 0.25) is 10.0 Å². The van der Waals surface area contributed by atoms with Gasteiger partial charge in [0.25, 0.3) is 5.91 Å². The Hall–Kier alpha value is -3.04. The molecule has 0 saturated heterocycles. The monoisotopic (exact) mass is 392 g/mol. The van der Waals surface area contributed by atoms with Gasteiger partial charge >= 0.3 is 5.97 Å². The number of sulfonamides is 1. The molecule has 0 radical (unpaired) electrons. The quantitative estimate of drug-likeness (QED) is 0.577. The number of primary sulfonamides is 1. The summed E-state index contributed by atoms with van der Waals surface area (Å²) >= 11 is 0. The standard InChI is InChI=1S/C18H17FN2O5S/c1-12(26-17(22)10-5-13-3-2-4-14(19)11-13)18(23)21-15-6-8-16(9-7-15)27(20,24)25/h2-12H,1H3,(H,21,23)(H2,20,24,25)/b10-5+/t12-/m0/s1. The molecule has 0 bridgehead atoms. The number of hydrogen-bond acceptors (Lipinski definition) is 5. The first kappa shape index (κ1) is 20.3. The smallest absolute Gasteiger partial charge is 0.331 e. The van der Waals surface area contributed by atoms with Gasteiger partial charge in [-0.3, -0.25) is 4.79 Å². The Balaban J connectivity index is 1.92. The number of carbonyl (C=O) groups is 2. The number of ether oxygens (including phenoxy) is 1. The van der Waals surface area contributed by atoms with E-state index in [0.717, 1.165) is 6.08 Å². The molecule has 0 heterocycles. The molecule has 0 aromatic heterocycles. The van der Waals surface area contributed by atoms with Crippen LogP contribution in [0.15, 0.2) is 59.5 Å². The maximum Gasteiger partial charge on any atom is 0.331 e. The summed E-state index contributed by atoms with van der Waals surface area (Å²) in [5.41, 5.74) is 0.782. The van der Waals surface area contributed by atoms with Gasteiger partial charge in [0.15, 0.2) is 6.10 Å². The summed E-state index contributed by atoms with van der Waals surface area (Å²) in [5.74, 6) is -1.82. The van der Waals surface area contributed by atoms with Crippen molar-refractivity contribution in [1.82, 2.24) is 0 Å². The molecule has 0 aliphatic rings. The third-order valence-electron chi connectivity index (χ3n) is 3.37. The second-order valence-corrected chi connectivity index (χ2v) is 7.09. The van der Waals surface area contributed by atoms with Gasteiger partial charge in [-0.05, 0) is 55.0 Å². The van der Waals surface area contributed by atoms with Crippen LogP contribution in [0.3, 0.4) is 0 Å². The minimum Gasteiger partial charge on any atom is -0.449 e. The lowest BCUT2D eigenvalue weighted by Gasteiger charge is -2.12. The Morgan fingerprint density at radius 2 is 1.85 bits per heavy atom. The molecule has 0 unspecified atom stereocenters. The van der Waals surface area contributed by atoms with Crippen molar-refractivity contribution >= 4 is 33.7 Å². The molecule has 0 aliphatic carbocycles. The molecule has 3 N–H and O–H groups in total. The largest absolute Gasteiger partial charge is 0.449 e. The van der Waals surface area contributed by atoms with Crippen molar-refractivity contribution in [3.8, 4) is 0 Å². The fourth-order valence-electron chi connectivity index (χ4n) is 2.01. The first-order valence-corrected chi connectivity index (χ1v) is 9.28. The molecule has 142 valence electrons. The van der Waals surface area contributed by atoms with E-state index in [-0.39, 0.29) is 4.90 Å². The van der Waals surface area contributed by atoms with Crippen molar-refractivity contribution in [2.45, 2.75) is 17.9 Å². The predicted molar refractivity (Wildman–Crippen MR) is 97.4 cm³/mol. The highest BCUT2D eigenvalue weighted by atomic mass is 32.2. The molecule has 7 nitrogen and oxygen atoms in total. The van der Waals surface area contributed by atoms with Crippen molar-refractivity contribution in [1.29, 1.82) is 0 Å². The summed E-state index contributed by atoms with van der Waals surface area (Å²) < 4.78 is 40.4. The van der Waals surface area contributed by atoms with E-state index in [0.29, 0.717) is 11.3 Å². The molecular weight excluding hydrogens is 375 g/mol. The Kier molecular flexibility index (Phi) is 6.43. The fraction of sp³-hybridized carbons (Fsp3) is 0.111. The highest BCUT2D eigenvalue weighted by Crippen LogP contribution is 2.13. The van der Waals surface area contributed by atoms with E-state index in [2.05, 4.69) is 5.32 Å². The lowest BCUT2D eigenvalue weighted by atomic mass is 10.2. The number of hydrogen-bond donors (Lipinski definition) is 2. The van der Waals surface area contributed by atoms with Crippen molar-refractivity contribution in [3.05, 3.63) is 66.0 Å². The molecule has 27 heavy (non-hydrogen) atoms. The predicted octanol–water partition coefficient (Wildman–Crippen LogP) is 2.06. The maximum atomic E-state index is 13.1. The van der Waals surface area contributed by atoms with E-state index in [9.17, 15) is 22.4 Å². The number of benzene rings is 2. The summed E-state index contributed by atoms with van der Waals surface area (Å²) in [6, 6.07) is 10.8. The van der Waals surface area contributed by atoms with Gasteiger partial charge in [0.1, 0.15) is 5.82 Å². The number of halogens is 1. The van der Waals surface area contributed by atoms with Crippen LogP contribution < -0.4 is 10.5 Å². The minimum absolute atomic E-state index is 0.0949. The number of nitrogens with one attached hydrogen (secondary N) is 1. The van der Waals surface area contributed by atoms with E-state index < -0.39 is 33.8 Å². The van der Waals surface area contributed by atoms with Gasteiger partial charge in [-0.2, -0.15) is 0 Å². The number of rotatable bonds is 6. The topological polar surface area (TPSA) is 116 Å². The lowest BCUT2D eigenvalue weighted by molar-refractivity contribution is -0.148. The minimum atomic E-state index is -3.83. The van der Waals surface area contributed by atoms with Gasteiger partial charge in [0.05, 0.1) is 4.90 Å². The Morgan fingerprint density at radius 3 is 2.44 bits per heavy atom. The summed E-state index contributed by atoms with van der Waals surface area (Å²) in [6.45, 7) is 1.38. The zero-order valence-corrected chi connectivity index (χ0v) is 15.1. The molecule has 0 aliphatic heterocycles. The normalized spacial score (nSPS) is 12.6. The van der Waals surface area contributed by atoms with Crippen LogP contribution in [0.4, 0.5) is 10.1 Å². The van der Waals surface area contributed by atoms with Crippen LogP contribution in [0.25, 0.3) is 6.08 Å². The van der Waals surface area contributed by atoms with Crippen molar-refractivity contribution in [2.24, 2.45) is 5.14 Å². The second kappa shape index (κ2) is 8.56. The zero-order valence-electron chi connectivity index (χ0n) is 14.3. The highest BCUT2D eigenvalue weighted by Gasteiger charge is 2.17. The number of nitrogens with two attached hydrogens (primary N) is 1. The molecule has 2 aromatic rings. The van der Waals surface area contributed by atoms with E-state index in [1.54, 1.807) is 6.07 Å². The molecule has 1 amide bonds. The van der Waals surface area contributed by atoms with Gasteiger partial charge < -0.3 is 10.1 Å². The third-order valence-corrected chi connectivity index (χ3v) is 4.30. The average molecular weight is 392 g/mol. The van der Waals surface area contributed by atoms with Crippen LogP contribution in [0.5, 0.6) is 0 Å². The first-order valence-electron chi connectivity index (χ1n) is 7.73. The highest BCUT2D eigenvalue weighted by molar-refractivity contribution is 7.89. The first-order chi connectivity index (χ1) is 12.6. The number of anilines is 1. The van der Waals surface area contributed by atoms with E-state index in [1.807, 2.05) is 0 Å². The maximum absolute atomic E-state index is 13.1. The molecule has 9 heteroatoms. The molecule has 0 saturated carbocycles. The van der Waals surface area contributed by atoms with Gasteiger partial charge in [-0.1, -0.05) is 12.1 Å². The van der Waals surface area contributed by atoms with Crippen LogP contribution >= 0.6 is 0 Å². The average Bonchev–Trinajstić information content (AvgIpc) is 2.59. The molecule has 1 atom stereocenters. The Labute approximate surface area is 155 Å². The van der Waals surface area contributed by atoms with Crippen LogP contribution in [0.1, 0.15) is 12.5 Å². The molecule has 2 rings (SSSR count). The van der Waals surface area contributed by atoms with Crippen molar-refractivity contribution < 1.29 is 27.1 Å². The van der Waals surface area contributed by atoms with Crippen LogP contribution in [0, 0.1) is 5.82 Å². The van der Waals surface area contributed by atoms with E-state index in [4.69, 9.17) is 9.88 Å². The Morgan fingerprint density at radius 1 is 1.19 bits per heavy atom. The number of carbonyl (C=O) groups excluding carboxylic acids is 2. The third kappa shape index (κ3) is 6.32. The zero-order chi connectivity index (χ0) is 20.0. The van der Waals surface area contributed by atoms with E-state index >= 15 is 0 Å². The molecular formula is C18H17FN2O5S. The SMILES string of the molecule is C[C@H](OC(=O)/C=C/c1cccc(F)c1)C(=O)Nc1ccc(S(N)(=O)=O)cc1. The summed E-state index contributed by atoms with van der Waals surface area (Å²) in [4.78, 5) is 23.7. The van der Waals surface area contributed by atoms with Crippen LogP contribution in [-0.2, 0) is 24.3 Å². The van der Waals surface area contributed by atoms with Gasteiger partial charge in [-0.15, -0.1) is 0 Å². The second-order valence-electron chi connectivity index (χ2n) is 5.53. The van der Waals surface area contributed by atoms with Crippen LogP contribution in [0.2, 0.25) is 0 Å². The fourth-order valence-corrected chi connectivity index (χ4v) is 2.53. The number of esters is 1. The summed E-state index contributed by atoms with van der Waals surface area (Å²) in [6.07, 6.45) is 1.34. The number of amides is 1. The summed E-state index contributed by atoms with van der Waals surface area (Å²) in [5, 5.41) is 7.47. The van der Waals surface area contributed by atoms with Gasteiger partial charge in [0, 0.05) is 11.8 Å².